The van der Waals surface area contributed by atoms with Crippen LogP contribution in [0.15, 0.2) is 0 Å². The molecule has 1 amide bonds. The molecule has 116 valence electrons. The third kappa shape index (κ3) is 3.73. The quantitative estimate of drug-likeness (QED) is 0.826. The van der Waals surface area contributed by atoms with Crippen molar-refractivity contribution in [2.45, 2.75) is 64.5 Å². The third-order valence-electron chi connectivity index (χ3n) is 5.02. The van der Waals surface area contributed by atoms with Gasteiger partial charge in [-0.2, -0.15) is 0 Å². The standard InChI is InChI=1S/C16H30N2O2/c1-12-6-5-9-18(10-12)16(2,3)11-17-15(20)13-7-4-8-14(13)19/h12-14,19H,4-11H2,1-3H3,(H,17,20). The van der Waals surface area contributed by atoms with Gasteiger partial charge in [-0.3, -0.25) is 9.69 Å². The van der Waals surface area contributed by atoms with Gasteiger partial charge >= 0.3 is 0 Å². The van der Waals surface area contributed by atoms with Crippen LogP contribution in [0.5, 0.6) is 0 Å². The zero-order valence-electron chi connectivity index (χ0n) is 13.2. The average molecular weight is 282 g/mol. The molecule has 3 atom stereocenters. The summed E-state index contributed by atoms with van der Waals surface area (Å²) >= 11 is 0. The van der Waals surface area contributed by atoms with Crippen molar-refractivity contribution < 1.29 is 9.90 Å². The van der Waals surface area contributed by atoms with Gasteiger partial charge in [0.15, 0.2) is 0 Å². The highest BCUT2D eigenvalue weighted by molar-refractivity contribution is 5.79. The predicted molar refractivity (Wildman–Crippen MR) is 80.4 cm³/mol. The average Bonchev–Trinajstić information content (AvgIpc) is 2.82. The number of hydrogen-bond donors (Lipinski definition) is 2. The molecule has 0 radical (unpaired) electrons. The first-order chi connectivity index (χ1) is 9.40. The molecule has 0 aromatic rings. The molecule has 2 fully saturated rings. The summed E-state index contributed by atoms with van der Waals surface area (Å²) in [5.41, 5.74) is -0.00605. The van der Waals surface area contributed by atoms with Crippen LogP contribution in [0.2, 0.25) is 0 Å². The molecule has 1 heterocycles. The van der Waals surface area contributed by atoms with Gasteiger partial charge in [0.25, 0.3) is 0 Å². The molecule has 0 spiro atoms. The number of nitrogens with zero attached hydrogens (tertiary/aromatic N) is 1. The maximum Gasteiger partial charge on any atom is 0.225 e. The Bertz CT molecular complexity index is 343. The topological polar surface area (TPSA) is 52.6 Å². The summed E-state index contributed by atoms with van der Waals surface area (Å²) in [5.74, 6) is 0.592. The van der Waals surface area contributed by atoms with E-state index in [2.05, 4.69) is 31.0 Å². The lowest BCUT2D eigenvalue weighted by molar-refractivity contribution is -0.128. The van der Waals surface area contributed by atoms with E-state index in [0.717, 1.165) is 38.3 Å². The summed E-state index contributed by atoms with van der Waals surface area (Å²) in [6.07, 6.45) is 4.69. The van der Waals surface area contributed by atoms with Crippen LogP contribution < -0.4 is 5.32 Å². The number of amides is 1. The lowest BCUT2D eigenvalue weighted by Crippen LogP contribution is -2.55. The van der Waals surface area contributed by atoms with E-state index >= 15 is 0 Å². The third-order valence-corrected chi connectivity index (χ3v) is 5.02. The minimum Gasteiger partial charge on any atom is -0.392 e. The molecule has 1 saturated heterocycles. The zero-order valence-corrected chi connectivity index (χ0v) is 13.2. The molecule has 4 heteroatoms. The van der Waals surface area contributed by atoms with Gasteiger partial charge in [0, 0.05) is 18.6 Å². The summed E-state index contributed by atoms with van der Waals surface area (Å²) < 4.78 is 0. The molecule has 2 rings (SSSR count). The molecule has 2 N–H and O–H groups in total. The van der Waals surface area contributed by atoms with E-state index in [-0.39, 0.29) is 17.4 Å². The van der Waals surface area contributed by atoms with Gasteiger partial charge in [0.2, 0.25) is 5.91 Å². The normalized spacial score (nSPS) is 32.3. The Morgan fingerprint density at radius 2 is 2.05 bits per heavy atom. The zero-order chi connectivity index (χ0) is 14.8. The Morgan fingerprint density at radius 3 is 2.65 bits per heavy atom. The first-order valence-electron chi connectivity index (χ1n) is 8.11. The van der Waals surface area contributed by atoms with E-state index in [0.29, 0.717) is 6.54 Å². The fourth-order valence-corrected chi connectivity index (χ4v) is 3.53. The molecule has 20 heavy (non-hydrogen) atoms. The van der Waals surface area contributed by atoms with Gasteiger partial charge in [-0.05, 0) is 58.4 Å². The Hall–Kier alpha value is -0.610. The van der Waals surface area contributed by atoms with E-state index in [1.54, 1.807) is 0 Å². The van der Waals surface area contributed by atoms with Crippen molar-refractivity contribution in [1.29, 1.82) is 0 Å². The summed E-state index contributed by atoms with van der Waals surface area (Å²) in [6, 6.07) is 0. The van der Waals surface area contributed by atoms with E-state index in [4.69, 9.17) is 0 Å². The van der Waals surface area contributed by atoms with E-state index in [1.807, 2.05) is 0 Å². The lowest BCUT2D eigenvalue weighted by atomic mass is 9.93. The lowest BCUT2D eigenvalue weighted by Gasteiger charge is -2.43. The van der Waals surface area contributed by atoms with Gasteiger partial charge in [-0.1, -0.05) is 6.92 Å². The minimum atomic E-state index is -0.437. The number of carbonyl (C=O) groups is 1. The Balaban J connectivity index is 1.83. The molecule has 2 aliphatic rings. The number of aliphatic hydroxyl groups excluding tert-OH is 1. The van der Waals surface area contributed by atoms with Crippen molar-refractivity contribution in [2.75, 3.05) is 19.6 Å². The van der Waals surface area contributed by atoms with Gasteiger partial charge in [-0.15, -0.1) is 0 Å². The second-order valence-electron chi connectivity index (χ2n) is 7.33. The second-order valence-corrected chi connectivity index (χ2v) is 7.33. The van der Waals surface area contributed by atoms with Crippen molar-refractivity contribution in [3.63, 3.8) is 0 Å². The maximum atomic E-state index is 12.2. The number of aliphatic hydroxyl groups is 1. The van der Waals surface area contributed by atoms with Crippen molar-refractivity contribution >= 4 is 5.91 Å². The van der Waals surface area contributed by atoms with E-state index in [9.17, 15) is 9.90 Å². The highest BCUT2D eigenvalue weighted by Gasteiger charge is 2.34. The summed E-state index contributed by atoms with van der Waals surface area (Å²) in [4.78, 5) is 14.7. The van der Waals surface area contributed by atoms with Crippen LogP contribution in [0.3, 0.4) is 0 Å². The number of piperidine rings is 1. The van der Waals surface area contributed by atoms with Gasteiger partial charge < -0.3 is 10.4 Å². The Kier molecular flexibility index (Phi) is 5.08. The van der Waals surface area contributed by atoms with Crippen molar-refractivity contribution in [3.05, 3.63) is 0 Å². The maximum absolute atomic E-state index is 12.2. The van der Waals surface area contributed by atoms with Crippen LogP contribution in [0.4, 0.5) is 0 Å². The second kappa shape index (κ2) is 6.44. The van der Waals surface area contributed by atoms with Crippen LogP contribution in [-0.2, 0) is 4.79 Å². The fraction of sp³-hybridized carbons (Fsp3) is 0.938. The van der Waals surface area contributed by atoms with Gasteiger partial charge in [0.1, 0.15) is 0 Å². The molecule has 1 aliphatic heterocycles. The number of rotatable bonds is 4. The SMILES string of the molecule is CC1CCCN(C(C)(C)CNC(=O)C2CCCC2O)C1. The van der Waals surface area contributed by atoms with Crippen LogP contribution in [0.25, 0.3) is 0 Å². The summed E-state index contributed by atoms with van der Waals surface area (Å²) in [7, 11) is 0. The van der Waals surface area contributed by atoms with Crippen molar-refractivity contribution in [3.8, 4) is 0 Å². The highest BCUT2D eigenvalue weighted by atomic mass is 16.3. The molecule has 0 bridgehead atoms. The number of hydrogen-bond acceptors (Lipinski definition) is 3. The fourth-order valence-electron chi connectivity index (χ4n) is 3.53. The van der Waals surface area contributed by atoms with Crippen molar-refractivity contribution in [2.24, 2.45) is 11.8 Å². The Labute approximate surface area is 122 Å². The molecule has 0 aromatic heterocycles. The monoisotopic (exact) mass is 282 g/mol. The molecule has 1 aliphatic carbocycles. The molecular weight excluding hydrogens is 252 g/mol. The molecule has 3 unspecified atom stereocenters. The smallest absolute Gasteiger partial charge is 0.225 e. The first kappa shape index (κ1) is 15.8. The molecule has 4 nitrogen and oxygen atoms in total. The van der Waals surface area contributed by atoms with Crippen LogP contribution >= 0.6 is 0 Å². The van der Waals surface area contributed by atoms with Gasteiger partial charge in [-0.25, -0.2) is 0 Å². The molecule has 0 aromatic carbocycles. The molecular formula is C16H30N2O2. The van der Waals surface area contributed by atoms with Crippen LogP contribution in [-0.4, -0.2) is 47.2 Å². The Morgan fingerprint density at radius 1 is 1.30 bits per heavy atom. The highest BCUT2D eigenvalue weighted by Crippen LogP contribution is 2.26. The number of likely N-dealkylation sites (tertiary alicyclic amines) is 1. The minimum absolute atomic E-state index is 0.00605. The predicted octanol–water partition coefficient (Wildman–Crippen LogP) is 1.77. The van der Waals surface area contributed by atoms with Gasteiger partial charge in [0.05, 0.1) is 12.0 Å². The number of nitrogens with one attached hydrogen (secondary N) is 1. The summed E-state index contributed by atoms with van der Waals surface area (Å²) in [6.45, 7) is 9.62. The largest absolute Gasteiger partial charge is 0.392 e. The number of carbonyl (C=O) groups excluding carboxylic acids is 1. The van der Waals surface area contributed by atoms with E-state index < -0.39 is 6.10 Å². The van der Waals surface area contributed by atoms with Crippen LogP contribution in [0.1, 0.15) is 52.9 Å². The van der Waals surface area contributed by atoms with E-state index in [1.165, 1.54) is 12.8 Å². The first-order valence-corrected chi connectivity index (χ1v) is 8.11. The molecule has 1 saturated carbocycles. The van der Waals surface area contributed by atoms with Crippen LogP contribution in [0, 0.1) is 11.8 Å². The summed E-state index contributed by atoms with van der Waals surface area (Å²) in [5, 5.41) is 12.9. The van der Waals surface area contributed by atoms with Crippen molar-refractivity contribution in [1.82, 2.24) is 10.2 Å².